The summed E-state index contributed by atoms with van der Waals surface area (Å²) >= 11 is 0. The van der Waals surface area contributed by atoms with Crippen molar-refractivity contribution in [3.05, 3.63) is 0 Å². The average molecular weight is 224 g/mol. The van der Waals surface area contributed by atoms with Crippen molar-refractivity contribution < 1.29 is 12.7 Å². The zero-order valence-electron chi connectivity index (χ0n) is 8.66. The van der Waals surface area contributed by atoms with Gasteiger partial charge in [0.1, 0.15) is 0 Å². The van der Waals surface area contributed by atoms with Gasteiger partial charge >= 0.3 is 9.53 Å². The van der Waals surface area contributed by atoms with Crippen LogP contribution in [0.1, 0.15) is 6.92 Å². The molecule has 6 heteroatoms. The second-order valence-electron chi connectivity index (χ2n) is 3.11. The standard InChI is InChI=1S/C6H20O3Si3/c1-6-7-12(8-10(2)3)9-11(4)5/h10-12H,6H2,1-5H3. The third-order valence-electron chi connectivity index (χ3n) is 1.07. The summed E-state index contributed by atoms with van der Waals surface area (Å²) < 4.78 is 16.8. The molecule has 74 valence electrons. The van der Waals surface area contributed by atoms with Crippen molar-refractivity contribution >= 4 is 27.6 Å². The van der Waals surface area contributed by atoms with Crippen LogP contribution in [0.5, 0.6) is 0 Å². The fourth-order valence-electron chi connectivity index (χ4n) is 0.691. The van der Waals surface area contributed by atoms with E-state index in [0.29, 0.717) is 6.61 Å². The average Bonchev–Trinajstić information content (AvgIpc) is 1.84. The van der Waals surface area contributed by atoms with Gasteiger partial charge in [0, 0.05) is 6.61 Å². The Morgan fingerprint density at radius 3 is 1.58 bits per heavy atom. The number of hydrogen-bond donors (Lipinski definition) is 0. The fourth-order valence-corrected chi connectivity index (χ4v) is 5.98. The van der Waals surface area contributed by atoms with Crippen molar-refractivity contribution in [3.8, 4) is 0 Å². The smallest absolute Gasteiger partial charge is 0.421 e. The van der Waals surface area contributed by atoms with Crippen LogP contribution in [0.15, 0.2) is 0 Å². The second kappa shape index (κ2) is 6.98. The van der Waals surface area contributed by atoms with E-state index in [1.54, 1.807) is 0 Å². The van der Waals surface area contributed by atoms with Crippen molar-refractivity contribution in [2.24, 2.45) is 0 Å². The first kappa shape index (κ1) is 12.5. The molecular weight excluding hydrogens is 204 g/mol. The first-order valence-electron chi connectivity index (χ1n) is 4.48. The SMILES string of the molecule is CCO[SiH](O[SiH](C)C)O[SiH](C)C. The van der Waals surface area contributed by atoms with Gasteiger partial charge in [-0.1, -0.05) is 0 Å². The highest BCUT2D eigenvalue weighted by molar-refractivity contribution is 6.64. The molecule has 0 fully saturated rings. The van der Waals surface area contributed by atoms with E-state index in [1.807, 2.05) is 6.92 Å². The molecule has 0 radical (unpaired) electrons. The molecule has 0 atom stereocenters. The van der Waals surface area contributed by atoms with E-state index in [9.17, 15) is 0 Å². The maximum absolute atomic E-state index is 5.67. The summed E-state index contributed by atoms with van der Waals surface area (Å²) in [5, 5.41) is 0. The van der Waals surface area contributed by atoms with E-state index in [4.69, 9.17) is 12.7 Å². The Morgan fingerprint density at radius 1 is 0.917 bits per heavy atom. The van der Waals surface area contributed by atoms with E-state index < -0.39 is 27.6 Å². The quantitative estimate of drug-likeness (QED) is 0.623. The normalized spacial score (nSPS) is 12.0. The lowest BCUT2D eigenvalue weighted by atomic mass is 10.9. The molecule has 0 saturated heterocycles. The van der Waals surface area contributed by atoms with Crippen molar-refractivity contribution in [2.75, 3.05) is 6.61 Å². The van der Waals surface area contributed by atoms with E-state index in [0.717, 1.165) is 0 Å². The first-order chi connectivity index (χ1) is 5.56. The van der Waals surface area contributed by atoms with Gasteiger partial charge in [0.15, 0.2) is 18.1 Å². The van der Waals surface area contributed by atoms with Crippen LogP contribution in [0, 0.1) is 0 Å². The van der Waals surface area contributed by atoms with Crippen LogP contribution in [-0.2, 0) is 12.7 Å². The minimum Gasteiger partial charge on any atom is -0.421 e. The van der Waals surface area contributed by atoms with Crippen LogP contribution in [-0.4, -0.2) is 34.2 Å². The van der Waals surface area contributed by atoms with E-state index in [-0.39, 0.29) is 0 Å². The summed E-state index contributed by atoms with van der Waals surface area (Å²) in [5.41, 5.74) is 0. The highest BCUT2D eigenvalue weighted by Crippen LogP contribution is 1.98. The molecule has 0 aromatic carbocycles. The predicted molar refractivity (Wildman–Crippen MR) is 58.7 cm³/mol. The summed E-state index contributed by atoms with van der Waals surface area (Å²) in [7, 11) is -3.70. The van der Waals surface area contributed by atoms with Crippen LogP contribution in [0.2, 0.25) is 26.2 Å². The molecule has 12 heavy (non-hydrogen) atoms. The topological polar surface area (TPSA) is 27.7 Å². The van der Waals surface area contributed by atoms with Crippen molar-refractivity contribution in [2.45, 2.75) is 33.1 Å². The van der Waals surface area contributed by atoms with Gasteiger partial charge in [0.05, 0.1) is 0 Å². The van der Waals surface area contributed by atoms with Gasteiger partial charge < -0.3 is 12.7 Å². The highest BCUT2D eigenvalue weighted by Gasteiger charge is 2.17. The van der Waals surface area contributed by atoms with Crippen LogP contribution >= 0.6 is 0 Å². The van der Waals surface area contributed by atoms with Gasteiger partial charge in [-0.3, -0.25) is 0 Å². The molecule has 0 amide bonds. The highest BCUT2D eigenvalue weighted by atomic mass is 28.4. The van der Waals surface area contributed by atoms with Crippen LogP contribution < -0.4 is 0 Å². The molecule has 0 aliphatic rings. The largest absolute Gasteiger partial charge is 0.462 e. The number of hydrogen-bond acceptors (Lipinski definition) is 3. The lowest BCUT2D eigenvalue weighted by Gasteiger charge is -2.20. The summed E-state index contributed by atoms with van der Waals surface area (Å²) in [5.74, 6) is 0. The van der Waals surface area contributed by atoms with E-state index >= 15 is 0 Å². The van der Waals surface area contributed by atoms with Crippen molar-refractivity contribution in [1.82, 2.24) is 0 Å². The zero-order valence-corrected chi connectivity index (χ0v) is 12.1. The Labute approximate surface area is 80.5 Å². The molecule has 3 nitrogen and oxygen atoms in total. The minimum atomic E-state index is -1.73. The van der Waals surface area contributed by atoms with E-state index in [2.05, 4.69) is 26.2 Å². The Hall–Kier alpha value is 0.531. The van der Waals surface area contributed by atoms with E-state index in [1.165, 1.54) is 0 Å². The Balaban J connectivity index is 3.69. The molecule has 0 bridgehead atoms. The lowest BCUT2D eigenvalue weighted by molar-refractivity contribution is 0.214. The first-order valence-corrected chi connectivity index (χ1v) is 11.5. The third-order valence-corrected chi connectivity index (χ3v) is 7.81. The molecule has 0 unspecified atom stereocenters. The Morgan fingerprint density at radius 2 is 1.33 bits per heavy atom. The number of rotatable bonds is 6. The second-order valence-corrected chi connectivity index (χ2v) is 10.4. The summed E-state index contributed by atoms with van der Waals surface area (Å²) in [4.78, 5) is 0. The van der Waals surface area contributed by atoms with Gasteiger partial charge in [0.2, 0.25) is 0 Å². The maximum Gasteiger partial charge on any atom is 0.462 e. The molecule has 0 saturated carbocycles. The maximum atomic E-state index is 5.67. The van der Waals surface area contributed by atoms with Gasteiger partial charge in [-0.25, -0.2) is 0 Å². The lowest BCUT2D eigenvalue weighted by Crippen LogP contribution is -2.35. The monoisotopic (exact) mass is 224 g/mol. The summed E-state index contributed by atoms with van der Waals surface area (Å²) in [6, 6.07) is 0. The molecular formula is C6H20O3Si3. The Bertz CT molecular complexity index is 100. The third kappa shape index (κ3) is 7.19. The Kier molecular flexibility index (Phi) is 7.29. The molecule has 0 aliphatic heterocycles. The van der Waals surface area contributed by atoms with Gasteiger partial charge in [-0.2, -0.15) is 0 Å². The predicted octanol–water partition coefficient (Wildman–Crippen LogP) is 0.740. The fraction of sp³-hybridized carbons (Fsp3) is 1.00. The molecule has 0 aromatic heterocycles. The van der Waals surface area contributed by atoms with Gasteiger partial charge in [0.25, 0.3) is 0 Å². The zero-order chi connectivity index (χ0) is 9.56. The molecule has 0 heterocycles. The summed E-state index contributed by atoms with van der Waals surface area (Å²) in [6.07, 6.45) is 0. The van der Waals surface area contributed by atoms with Crippen LogP contribution in [0.25, 0.3) is 0 Å². The minimum absolute atomic E-state index is 0.707. The van der Waals surface area contributed by atoms with Crippen molar-refractivity contribution in [3.63, 3.8) is 0 Å². The molecule has 0 rings (SSSR count). The molecule has 0 aliphatic carbocycles. The van der Waals surface area contributed by atoms with Crippen LogP contribution in [0.4, 0.5) is 0 Å². The molecule has 0 N–H and O–H groups in total. The van der Waals surface area contributed by atoms with Crippen molar-refractivity contribution in [1.29, 1.82) is 0 Å². The summed E-state index contributed by atoms with van der Waals surface area (Å²) in [6.45, 7) is 11.3. The molecule has 0 spiro atoms. The van der Waals surface area contributed by atoms with Gasteiger partial charge in [-0.05, 0) is 33.1 Å². The van der Waals surface area contributed by atoms with Gasteiger partial charge in [-0.15, -0.1) is 0 Å². The molecule has 0 aromatic rings. The van der Waals surface area contributed by atoms with Crippen LogP contribution in [0.3, 0.4) is 0 Å².